The number of fused-ring (bicyclic) bond motifs is 5. The molecule has 0 amide bonds. The van der Waals surface area contributed by atoms with Crippen LogP contribution in [0.1, 0.15) is 25.7 Å². The molecule has 2 bridgehead atoms. The van der Waals surface area contributed by atoms with Gasteiger partial charge in [0.1, 0.15) is 0 Å². The maximum Gasteiger partial charge on any atom is 0.330 e. The van der Waals surface area contributed by atoms with Crippen molar-refractivity contribution in [1.82, 2.24) is 0 Å². The minimum Gasteiger partial charge on any atom is -0.462 e. The molecule has 0 heterocycles. The molecule has 0 saturated heterocycles. The van der Waals surface area contributed by atoms with E-state index in [1.165, 1.54) is 31.4 Å². The van der Waals surface area contributed by atoms with E-state index < -0.39 is 0 Å². The lowest BCUT2D eigenvalue weighted by Gasteiger charge is -2.34. The number of ether oxygens (including phenoxy) is 2. The van der Waals surface area contributed by atoms with Gasteiger partial charge in [0, 0.05) is 12.2 Å². The fourth-order valence-corrected chi connectivity index (χ4v) is 5.26. The van der Waals surface area contributed by atoms with Crippen LogP contribution < -0.4 is 0 Å². The molecule has 0 radical (unpaired) electrons. The number of carbonyl (C=O) groups is 2. The maximum absolute atomic E-state index is 11.3. The quantitative estimate of drug-likeness (QED) is 0.559. The van der Waals surface area contributed by atoms with Crippen molar-refractivity contribution in [3.05, 3.63) is 25.3 Å². The summed E-state index contributed by atoms with van der Waals surface area (Å²) in [6.45, 7) is 7.89. The first-order valence-corrected chi connectivity index (χ1v) is 8.22. The second-order valence-electron chi connectivity index (χ2n) is 6.90. The summed E-state index contributed by atoms with van der Waals surface area (Å²) < 4.78 is 10.6. The number of hydrogen-bond acceptors (Lipinski definition) is 4. The number of hydrogen-bond donors (Lipinski definition) is 0. The van der Waals surface area contributed by atoms with Crippen LogP contribution in [0.3, 0.4) is 0 Å². The monoisotopic (exact) mass is 304 g/mol. The summed E-state index contributed by atoms with van der Waals surface area (Å²) in [6.07, 6.45) is 7.27. The van der Waals surface area contributed by atoms with Crippen molar-refractivity contribution in [2.24, 2.45) is 35.5 Å². The van der Waals surface area contributed by atoms with Gasteiger partial charge < -0.3 is 9.47 Å². The molecule has 22 heavy (non-hydrogen) atoms. The zero-order valence-electron chi connectivity index (χ0n) is 12.9. The van der Waals surface area contributed by atoms with Crippen LogP contribution in [-0.4, -0.2) is 25.2 Å². The van der Waals surface area contributed by atoms with E-state index in [1.807, 2.05) is 0 Å². The third-order valence-corrected chi connectivity index (χ3v) is 6.01. The Bertz CT molecular complexity index is 483. The van der Waals surface area contributed by atoms with Crippen molar-refractivity contribution in [2.45, 2.75) is 25.7 Å². The minimum absolute atomic E-state index is 0.330. The molecule has 0 N–H and O–H groups in total. The number of esters is 2. The van der Waals surface area contributed by atoms with Gasteiger partial charge in [-0.05, 0) is 61.2 Å². The van der Waals surface area contributed by atoms with Gasteiger partial charge in [-0.1, -0.05) is 13.2 Å². The van der Waals surface area contributed by atoms with E-state index in [-0.39, 0.29) is 11.9 Å². The molecule has 4 nitrogen and oxygen atoms in total. The minimum atomic E-state index is -0.331. The lowest BCUT2D eigenvalue weighted by atomic mass is 9.73. The normalized spacial score (nSPS) is 38.4. The summed E-state index contributed by atoms with van der Waals surface area (Å²) >= 11 is 0. The molecule has 4 heteroatoms. The second kappa shape index (κ2) is 6.27. The molecule has 0 aromatic rings. The summed E-state index contributed by atoms with van der Waals surface area (Å²) in [5, 5.41) is 0. The highest BCUT2D eigenvalue weighted by Crippen LogP contribution is 2.62. The number of rotatable bonds is 6. The average molecular weight is 304 g/mol. The van der Waals surface area contributed by atoms with E-state index in [0.717, 1.165) is 18.3 Å². The Morgan fingerprint density at radius 2 is 1.55 bits per heavy atom. The molecule has 6 atom stereocenters. The van der Waals surface area contributed by atoms with Crippen LogP contribution >= 0.6 is 0 Å². The lowest BCUT2D eigenvalue weighted by molar-refractivity contribution is -0.142. The zero-order chi connectivity index (χ0) is 15.7. The standard InChI is InChI=1S/C18H24O4/c1-3-16(19)21-9-11-5-6-14-12-7-13(10-22-17(20)4-2)15(8-12)18(11)14/h3-4,11-15,18H,1-2,5-10H2. The molecule has 0 aromatic heterocycles. The van der Waals surface area contributed by atoms with Crippen molar-refractivity contribution in [3.8, 4) is 0 Å². The first-order chi connectivity index (χ1) is 10.6. The molecule has 120 valence electrons. The van der Waals surface area contributed by atoms with Crippen molar-refractivity contribution >= 4 is 11.9 Å². The Kier molecular flexibility index (Phi) is 4.37. The zero-order valence-corrected chi connectivity index (χ0v) is 12.9. The largest absolute Gasteiger partial charge is 0.462 e. The van der Waals surface area contributed by atoms with E-state index in [4.69, 9.17) is 9.47 Å². The van der Waals surface area contributed by atoms with E-state index in [0.29, 0.717) is 36.9 Å². The van der Waals surface area contributed by atoms with Crippen LogP contribution in [0, 0.1) is 35.5 Å². The summed E-state index contributed by atoms with van der Waals surface area (Å²) in [6, 6.07) is 0. The van der Waals surface area contributed by atoms with Crippen molar-refractivity contribution in [2.75, 3.05) is 13.2 Å². The fraction of sp³-hybridized carbons (Fsp3) is 0.667. The van der Waals surface area contributed by atoms with Crippen molar-refractivity contribution in [1.29, 1.82) is 0 Å². The van der Waals surface area contributed by atoms with Crippen LogP contribution in [-0.2, 0) is 19.1 Å². The summed E-state index contributed by atoms with van der Waals surface area (Å²) in [4.78, 5) is 22.6. The topological polar surface area (TPSA) is 52.6 Å². The maximum atomic E-state index is 11.3. The summed E-state index contributed by atoms with van der Waals surface area (Å²) in [5.74, 6) is 3.05. The van der Waals surface area contributed by atoms with Crippen LogP contribution in [0.15, 0.2) is 25.3 Å². The molecule has 3 fully saturated rings. The molecule has 3 saturated carbocycles. The predicted octanol–water partition coefficient (Wildman–Crippen LogP) is 2.74. The average Bonchev–Trinajstić information content (AvgIpc) is 3.21. The first kappa shape index (κ1) is 15.3. The van der Waals surface area contributed by atoms with Crippen molar-refractivity contribution < 1.29 is 19.1 Å². The SMILES string of the molecule is C=CC(=O)OCC1CC2CC1C1C(COC(=O)C=C)CCC21. The Hall–Kier alpha value is -1.58. The highest BCUT2D eigenvalue weighted by molar-refractivity contribution is 5.81. The Morgan fingerprint density at radius 3 is 2.18 bits per heavy atom. The third-order valence-electron chi connectivity index (χ3n) is 6.01. The van der Waals surface area contributed by atoms with Crippen LogP contribution in [0.2, 0.25) is 0 Å². The smallest absolute Gasteiger partial charge is 0.330 e. The van der Waals surface area contributed by atoms with Gasteiger partial charge in [-0.3, -0.25) is 0 Å². The molecule has 3 rings (SSSR count). The Morgan fingerprint density at radius 1 is 0.909 bits per heavy atom. The van der Waals surface area contributed by atoms with Gasteiger partial charge in [0.25, 0.3) is 0 Å². The third kappa shape index (κ3) is 2.71. The molecule has 0 spiro atoms. The van der Waals surface area contributed by atoms with Crippen LogP contribution in [0.25, 0.3) is 0 Å². The van der Waals surface area contributed by atoms with Gasteiger partial charge in [0.2, 0.25) is 0 Å². The molecular weight excluding hydrogens is 280 g/mol. The first-order valence-electron chi connectivity index (χ1n) is 8.22. The van der Waals surface area contributed by atoms with Gasteiger partial charge >= 0.3 is 11.9 Å². The molecular formula is C18H24O4. The van der Waals surface area contributed by atoms with E-state index in [9.17, 15) is 9.59 Å². The molecule has 6 unspecified atom stereocenters. The van der Waals surface area contributed by atoms with Gasteiger partial charge in [0.15, 0.2) is 0 Å². The molecule has 3 aliphatic rings. The van der Waals surface area contributed by atoms with E-state index in [2.05, 4.69) is 13.2 Å². The lowest BCUT2D eigenvalue weighted by Crippen LogP contribution is -2.32. The number of carbonyl (C=O) groups excluding carboxylic acids is 2. The molecule has 0 aromatic carbocycles. The predicted molar refractivity (Wildman–Crippen MR) is 81.7 cm³/mol. The fourth-order valence-electron chi connectivity index (χ4n) is 5.26. The van der Waals surface area contributed by atoms with Crippen LogP contribution in [0.5, 0.6) is 0 Å². The Labute approximate surface area is 131 Å². The summed E-state index contributed by atoms with van der Waals surface area (Å²) in [7, 11) is 0. The Balaban J connectivity index is 1.59. The van der Waals surface area contributed by atoms with Gasteiger partial charge in [-0.25, -0.2) is 9.59 Å². The highest BCUT2D eigenvalue weighted by atomic mass is 16.5. The van der Waals surface area contributed by atoms with E-state index in [1.54, 1.807) is 0 Å². The van der Waals surface area contributed by atoms with E-state index >= 15 is 0 Å². The van der Waals surface area contributed by atoms with Crippen LogP contribution in [0.4, 0.5) is 0 Å². The highest BCUT2D eigenvalue weighted by Gasteiger charge is 2.57. The molecule has 0 aliphatic heterocycles. The van der Waals surface area contributed by atoms with Gasteiger partial charge in [-0.15, -0.1) is 0 Å². The van der Waals surface area contributed by atoms with Gasteiger partial charge in [0.05, 0.1) is 13.2 Å². The van der Waals surface area contributed by atoms with Crippen molar-refractivity contribution in [3.63, 3.8) is 0 Å². The van der Waals surface area contributed by atoms with Gasteiger partial charge in [-0.2, -0.15) is 0 Å². The molecule has 3 aliphatic carbocycles. The summed E-state index contributed by atoms with van der Waals surface area (Å²) in [5.41, 5.74) is 0. The second-order valence-corrected chi connectivity index (χ2v) is 6.90.